The zero-order valence-electron chi connectivity index (χ0n) is 18.6. The first-order chi connectivity index (χ1) is 16.0. The first-order valence-corrected chi connectivity index (χ1v) is 12.2. The van der Waals surface area contributed by atoms with Gasteiger partial charge in [-0.3, -0.25) is 4.79 Å². The maximum atomic E-state index is 13.3. The largest absolute Gasteiger partial charge is 0.417 e. The zero-order valence-corrected chi connectivity index (χ0v) is 19.4. The number of benzene rings is 1. The highest BCUT2D eigenvalue weighted by Crippen LogP contribution is 2.36. The average Bonchev–Trinajstić information content (AvgIpc) is 3.22. The Morgan fingerprint density at radius 1 is 1.15 bits per heavy atom. The maximum Gasteiger partial charge on any atom is 0.417 e. The van der Waals surface area contributed by atoms with Crippen molar-refractivity contribution >= 4 is 32.7 Å². The molecule has 1 amide bonds. The Morgan fingerprint density at radius 3 is 2.47 bits per heavy atom. The summed E-state index contributed by atoms with van der Waals surface area (Å²) in [5.74, 6) is -0.761. The van der Waals surface area contributed by atoms with Gasteiger partial charge in [-0.25, -0.2) is 18.1 Å². The van der Waals surface area contributed by atoms with Crippen molar-refractivity contribution in [3.63, 3.8) is 0 Å². The van der Waals surface area contributed by atoms with E-state index >= 15 is 0 Å². The van der Waals surface area contributed by atoms with Crippen LogP contribution in [0.15, 0.2) is 47.6 Å². The van der Waals surface area contributed by atoms with Crippen LogP contribution < -0.4 is 5.32 Å². The molecule has 0 atom stereocenters. The molecule has 0 aliphatic carbocycles. The number of carbonyl (C=O) groups excluding carboxylic acids is 1. The molecule has 0 radical (unpaired) electrons. The van der Waals surface area contributed by atoms with Crippen LogP contribution in [-0.4, -0.2) is 46.5 Å². The molecule has 4 rings (SSSR count). The van der Waals surface area contributed by atoms with Crippen LogP contribution in [-0.2, 0) is 21.0 Å². The van der Waals surface area contributed by atoms with Crippen molar-refractivity contribution in [2.75, 3.05) is 18.4 Å². The van der Waals surface area contributed by atoms with Crippen molar-refractivity contribution in [2.24, 2.45) is 5.92 Å². The lowest BCUT2D eigenvalue weighted by atomic mass is 9.97. The van der Waals surface area contributed by atoms with E-state index in [4.69, 9.17) is 0 Å². The lowest BCUT2D eigenvalue weighted by Crippen LogP contribution is -2.41. The molecule has 0 bridgehead atoms. The van der Waals surface area contributed by atoms with Gasteiger partial charge in [-0.05, 0) is 44.9 Å². The molecule has 2 aromatic heterocycles. The molecule has 1 N–H and O–H groups in total. The highest BCUT2D eigenvalue weighted by molar-refractivity contribution is 7.89. The fraction of sp³-hybridized carbons (Fsp3) is 0.409. The SMILES string of the molecule is CC(C)n1ncc2cc(NC(=O)C3CCN(S(=O)(=O)c4ccccc4C(F)(F)F)CC3)cnc21. The van der Waals surface area contributed by atoms with Crippen LogP contribution in [0.4, 0.5) is 18.9 Å². The van der Waals surface area contributed by atoms with Gasteiger partial charge >= 0.3 is 6.18 Å². The van der Waals surface area contributed by atoms with Gasteiger partial charge in [0.05, 0.1) is 28.5 Å². The van der Waals surface area contributed by atoms with Crippen LogP contribution in [0.2, 0.25) is 0 Å². The molecule has 1 aliphatic heterocycles. The Kier molecular flexibility index (Phi) is 6.38. The smallest absolute Gasteiger partial charge is 0.324 e. The lowest BCUT2D eigenvalue weighted by molar-refractivity contribution is -0.139. The van der Waals surface area contributed by atoms with E-state index in [0.29, 0.717) is 11.3 Å². The number of rotatable bonds is 5. The quantitative estimate of drug-likeness (QED) is 0.576. The van der Waals surface area contributed by atoms with Gasteiger partial charge in [-0.1, -0.05) is 12.1 Å². The number of hydrogen-bond acceptors (Lipinski definition) is 5. The van der Waals surface area contributed by atoms with Crippen molar-refractivity contribution in [1.82, 2.24) is 19.1 Å². The van der Waals surface area contributed by atoms with Gasteiger partial charge in [0.2, 0.25) is 15.9 Å². The molecule has 1 saturated heterocycles. The Hall–Kier alpha value is -2.99. The van der Waals surface area contributed by atoms with E-state index in [1.165, 1.54) is 12.3 Å². The molecule has 1 fully saturated rings. The van der Waals surface area contributed by atoms with Crippen molar-refractivity contribution in [2.45, 2.75) is 43.8 Å². The van der Waals surface area contributed by atoms with Crippen LogP contribution >= 0.6 is 0 Å². The summed E-state index contributed by atoms with van der Waals surface area (Å²) in [7, 11) is -4.35. The first-order valence-electron chi connectivity index (χ1n) is 10.8. The van der Waals surface area contributed by atoms with Gasteiger partial charge in [-0.15, -0.1) is 0 Å². The minimum Gasteiger partial charge on any atom is -0.324 e. The van der Waals surface area contributed by atoms with Crippen molar-refractivity contribution in [1.29, 1.82) is 0 Å². The third kappa shape index (κ3) is 4.64. The van der Waals surface area contributed by atoms with E-state index in [2.05, 4.69) is 15.4 Å². The number of amides is 1. The number of halogens is 3. The average molecular weight is 496 g/mol. The summed E-state index contributed by atoms with van der Waals surface area (Å²) >= 11 is 0. The summed E-state index contributed by atoms with van der Waals surface area (Å²) in [6.45, 7) is 3.87. The molecule has 3 aromatic rings. The molecule has 1 aromatic carbocycles. The van der Waals surface area contributed by atoms with E-state index in [0.717, 1.165) is 27.9 Å². The minimum atomic E-state index is -4.79. The number of carbonyl (C=O) groups is 1. The number of sulfonamides is 1. The molecule has 12 heteroatoms. The van der Waals surface area contributed by atoms with E-state index in [1.54, 1.807) is 16.9 Å². The summed E-state index contributed by atoms with van der Waals surface area (Å²) in [5.41, 5.74) is -0.000776. The Morgan fingerprint density at radius 2 is 1.82 bits per heavy atom. The van der Waals surface area contributed by atoms with Crippen molar-refractivity contribution < 1.29 is 26.4 Å². The molecule has 182 valence electrons. The number of pyridine rings is 1. The summed E-state index contributed by atoms with van der Waals surface area (Å²) in [5, 5.41) is 7.87. The second-order valence-corrected chi connectivity index (χ2v) is 10.4. The van der Waals surface area contributed by atoms with E-state index in [-0.39, 0.29) is 37.9 Å². The molecule has 0 spiro atoms. The van der Waals surface area contributed by atoms with Crippen LogP contribution in [0.5, 0.6) is 0 Å². The number of nitrogens with one attached hydrogen (secondary N) is 1. The normalized spacial score (nSPS) is 16.3. The summed E-state index contributed by atoms with van der Waals surface area (Å²) in [4.78, 5) is 16.4. The molecule has 3 heterocycles. The van der Waals surface area contributed by atoms with Crippen LogP contribution in [0, 0.1) is 5.92 Å². The molecule has 34 heavy (non-hydrogen) atoms. The second-order valence-electron chi connectivity index (χ2n) is 8.48. The maximum absolute atomic E-state index is 13.3. The molecule has 8 nitrogen and oxygen atoms in total. The number of piperidine rings is 1. The number of alkyl halides is 3. The molecule has 0 saturated carbocycles. The summed E-state index contributed by atoms with van der Waals surface area (Å²) < 4.78 is 68.5. The molecular weight excluding hydrogens is 471 g/mol. The number of nitrogens with zero attached hydrogens (tertiary/aromatic N) is 4. The van der Waals surface area contributed by atoms with Crippen LogP contribution in [0.3, 0.4) is 0 Å². The number of anilines is 1. The Balaban J connectivity index is 1.43. The predicted octanol–water partition coefficient (Wildman–Crippen LogP) is 4.07. The highest BCUT2D eigenvalue weighted by atomic mass is 32.2. The summed E-state index contributed by atoms with van der Waals surface area (Å²) in [6.07, 6.45) is -1.20. The summed E-state index contributed by atoms with van der Waals surface area (Å²) in [6, 6.07) is 6.02. The van der Waals surface area contributed by atoms with Gasteiger partial charge < -0.3 is 5.32 Å². The monoisotopic (exact) mass is 495 g/mol. The molecule has 1 aliphatic rings. The fourth-order valence-corrected chi connectivity index (χ4v) is 5.74. The van der Waals surface area contributed by atoms with Gasteiger partial charge in [0.1, 0.15) is 0 Å². The predicted molar refractivity (Wildman–Crippen MR) is 119 cm³/mol. The Labute approximate surface area is 194 Å². The third-order valence-corrected chi connectivity index (χ3v) is 7.78. The van der Waals surface area contributed by atoms with E-state index < -0.39 is 32.6 Å². The number of aromatic nitrogens is 3. The second kappa shape index (κ2) is 8.99. The van der Waals surface area contributed by atoms with Gasteiger partial charge in [-0.2, -0.15) is 22.6 Å². The number of hydrogen-bond donors (Lipinski definition) is 1. The highest BCUT2D eigenvalue weighted by Gasteiger charge is 2.40. The standard InChI is InChI=1S/C22H24F3N5O3S/c1-14(2)30-20-16(12-27-30)11-17(13-26-20)28-21(31)15-7-9-29(10-8-15)34(32,33)19-6-4-3-5-18(19)22(23,24)25/h3-6,11-15H,7-10H2,1-2H3,(H,28,31). The molecular formula is C22H24F3N5O3S. The van der Waals surface area contributed by atoms with Crippen LogP contribution in [0.1, 0.15) is 38.3 Å². The molecule has 0 unspecified atom stereocenters. The lowest BCUT2D eigenvalue weighted by Gasteiger charge is -2.31. The van der Waals surface area contributed by atoms with Gasteiger partial charge in [0.25, 0.3) is 0 Å². The zero-order chi connectivity index (χ0) is 24.7. The third-order valence-electron chi connectivity index (χ3n) is 5.83. The minimum absolute atomic E-state index is 0.0505. The van der Waals surface area contributed by atoms with Crippen LogP contribution in [0.25, 0.3) is 11.0 Å². The Bertz CT molecular complexity index is 1310. The van der Waals surface area contributed by atoms with Gasteiger partial charge in [0.15, 0.2) is 5.65 Å². The number of fused-ring (bicyclic) bond motifs is 1. The first kappa shape index (κ1) is 24.1. The van der Waals surface area contributed by atoms with E-state index in [9.17, 15) is 26.4 Å². The van der Waals surface area contributed by atoms with Gasteiger partial charge in [0, 0.05) is 30.4 Å². The van der Waals surface area contributed by atoms with Crippen molar-refractivity contribution in [3.05, 3.63) is 48.3 Å². The van der Waals surface area contributed by atoms with E-state index in [1.807, 2.05) is 13.8 Å². The topological polar surface area (TPSA) is 97.2 Å². The van der Waals surface area contributed by atoms with Crippen molar-refractivity contribution in [3.8, 4) is 0 Å². The fourth-order valence-electron chi connectivity index (χ4n) is 4.05.